The van der Waals surface area contributed by atoms with E-state index in [1.54, 1.807) is 18.6 Å². The first kappa shape index (κ1) is 18.6. The first-order valence-electron chi connectivity index (χ1n) is 10.5. The van der Waals surface area contributed by atoms with Crippen LogP contribution < -0.4 is 4.90 Å². The lowest BCUT2D eigenvalue weighted by Crippen LogP contribution is -2.37. The zero-order valence-electron chi connectivity index (χ0n) is 17.2. The predicted octanol–water partition coefficient (Wildman–Crippen LogP) is 3.10. The molecular weight excluding hydrogens is 404 g/mol. The van der Waals surface area contributed by atoms with E-state index in [1.807, 2.05) is 47.3 Å². The van der Waals surface area contributed by atoms with Crippen LogP contribution in [0.2, 0.25) is 0 Å². The van der Waals surface area contributed by atoms with Crippen LogP contribution in [0.15, 0.2) is 67.3 Å². The lowest BCUT2D eigenvalue weighted by atomic mass is 10.1. The molecule has 5 heterocycles. The third-order valence-electron chi connectivity index (χ3n) is 5.54. The number of aromatic amines is 1. The molecule has 1 aliphatic heterocycles. The minimum Gasteiger partial charge on any atom is -0.378 e. The maximum absolute atomic E-state index is 5.52. The molecule has 4 aromatic heterocycles. The molecule has 9 nitrogen and oxygen atoms in total. The molecule has 32 heavy (non-hydrogen) atoms. The summed E-state index contributed by atoms with van der Waals surface area (Å²) in [5, 5.41) is 12.2. The highest BCUT2D eigenvalue weighted by molar-refractivity contribution is 5.98. The minimum atomic E-state index is 0.663. The summed E-state index contributed by atoms with van der Waals surface area (Å²) in [6.45, 7) is 2.83. The van der Waals surface area contributed by atoms with Crippen molar-refractivity contribution in [2.45, 2.75) is 0 Å². The molecule has 1 aliphatic rings. The fraction of sp³-hybridized carbons (Fsp3) is 0.174. The quantitative estimate of drug-likeness (QED) is 0.473. The number of hydrogen-bond donors (Lipinski definition) is 1. The molecule has 6 rings (SSSR count). The standard InChI is InChI=1S/C23H20N8O/c1-3-17(15-18(4-1)31-10-2-7-25-31)20-21-22(29-28-20)19(16-5-8-24-9-6-16)26-23(27-21)30-11-13-32-14-12-30/h1-10,15H,11-14H2,(H,28,29). The number of hydrogen-bond acceptors (Lipinski definition) is 7. The molecule has 1 saturated heterocycles. The topological polar surface area (TPSA) is 97.6 Å². The Morgan fingerprint density at radius 2 is 1.75 bits per heavy atom. The van der Waals surface area contributed by atoms with Crippen molar-refractivity contribution < 1.29 is 4.74 Å². The van der Waals surface area contributed by atoms with Crippen molar-refractivity contribution in [1.82, 2.24) is 34.9 Å². The second kappa shape index (κ2) is 7.86. The maximum atomic E-state index is 5.52. The van der Waals surface area contributed by atoms with Gasteiger partial charge in [-0.15, -0.1) is 0 Å². The highest BCUT2D eigenvalue weighted by atomic mass is 16.5. The summed E-state index contributed by atoms with van der Waals surface area (Å²) < 4.78 is 7.35. The van der Waals surface area contributed by atoms with Gasteiger partial charge in [0.25, 0.3) is 0 Å². The Balaban J connectivity index is 1.54. The summed E-state index contributed by atoms with van der Waals surface area (Å²) in [6, 6.07) is 13.9. The largest absolute Gasteiger partial charge is 0.378 e. The number of nitrogens with zero attached hydrogens (tertiary/aromatic N) is 7. The number of nitrogens with one attached hydrogen (secondary N) is 1. The average Bonchev–Trinajstić information content (AvgIpc) is 3.55. The number of rotatable bonds is 4. The van der Waals surface area contributed by atoms with Gasteiger partial charge in [-0.2, -0.15) is 10.2 Å². The Morgan fingerprint density at radius 1 is 0.875 bits per heavy atom. The summed E-state index contributed by atoms with van der Waals surface area (Å²) in [7, 11) is 0. The molecule has 0 atom stereocenters. The molecule has 1 fully saturated rings. The third kappa shape index (κ3) is 3.28. The van der Waals surface area contributed by atoms with Gasteiger partial charge >= 0.3 is 0 Å². The third-order valence-corrected chi connectivity index (χ3v) is 5.54. The molecule has 5 aromatic rings. The van der Waals surface area contributed by atoms with E-state index < -0.39 is 0 Å². The zero-order valence-corrected chi connectivity index (χ0v) is 17.2. The van der Waals surface area contributed by atoms with Gasteiger partial charge in [-0.1, -0.05) is 12.1 Å². The molecule has 0 saturated carbocycles. The molecular formula is C23H20N8O. The molecule has 9 heteroatoms. The van der Waals surface area contributed by atoms with Gasteiger partial charge in [0.05, 0.1) is 18.9 Å². The molecule has 0 amide bonds. The summed E-state index contributed by atoms with van der Waals surface area (Å²) >= 11 is 0. The van der Waals surface area contributed by atoms with Gasteiger partial charge in [0, 0.05) is 49.0 Å². The number of morpholine rings is 1. The summed E-state index contributed by atoms with van der Waals surface area (Å²) in [5.41, 5.74) is 6.04. The van der Waals surface area contributed by atoms with Crippen molar-refractivity contribution in [3.05, 3.63) is 67.3 Å². The number of aromatic nitrogens is 7. The molecule has 158 valence electrons. The fourth-order valence-corrected chi connectivity index (χ4v) is 3.93. The van der Waals surface area contributed by atoms with Crippen LogP contribution in [0.5, 0.6) is 0 Å². The van der Waals surface area contributed by atoms with Gasteiger partial charge in [0.15, 0.2) is 0 Å². The lowest BCUT2D eigenvalue weighted by Gasteiger charge is -2.27. The minimum absolute atomic E-state index is 0.663. The van der Waals surface area contributed by atoms with E-state index in [-0.39, 0.29) is 0 Å². The van der Waals surface area contributed by atoms with Crippen LogP contribution in [0.3, 0.4) is 0 Å². The highest BCUT2D eigenvalue weighted by Gasteiger charge is 2.21. The normalized spacial score (nSPS) is 14.2. The van der Waals surface area contributed by atoms with Crippen LogP contribution in [-0.4, -0.2) is 61.2 Å². The number of pyridine rings is 1. The second-order valence-electron chi connectivity index (χ2n) is 7.50. The van der Waals surface area contributed by atoms with Gasteiger partial charge < -0.3 is 9.64 Å². The van der Waals surface area contributed by atoms with Crippen LogP contribution >= 0.6 is 0 Å². The van der Waals surface area contributed by atoms with E-state index in [1.165, 1.54) is 0 Å². The fourth-order valence-electron chi connectivity index (χ4n) is 3.93. The van der Waals surface area contributed by atoms with Gasteiger partial charge in [-0.25, -0.2) is 14.6 Å². The van der Waals surface area contributed by atoms with Crippen molar-refractivity contribution in [1.29, 1.82) is 0 Å². The molecule has 0 spiro atoms. The first-order chi connectivity index (χ1) is 15.9. The SMILES string of the molecule is c1cc(-c2n[nH]c3c(-c4ccncc4)nc(N4CCOCC4)nc23)cc(-n2cccn2)c1. The average molecular weight is 424 g/mol. The Labute approximate surface area is 183 Å². The van der Waals surface area contributed by atoms with Gasteiger partial charge in [-0.3, -0.25) is 10.1 Å². The Bertz CT molecular complexity index is 1360. The number of H-pyrrole nitrogens is 1. The molecule has 0 unspecified atom stereocenters. The Hall–Kier alpha value is -4.11. The number of ether oxygens (including phenoxy) is 1. The van der Waals surface area contributed by atoms with Crippen molar-refractivity contribution in [3.63, 3.8) is 0 Å². The summed E-state index contributed by atoms with van der Waals surface area (Å²) in [5.74, 6) is 0.679. The van der Waals surface area contributed by atoms with E-state index in [9.17, 15) is 0 Å². The van der Waals surface area contributed by atoms with Crippen LogP contribution in [-0.2, 0) is 4.74 Å². The summed E-state index contributed by atoms with van der Waals surface area (Å²) in [6.07, 6.45) is 7.21. The molecule has 0 aliphatic carbocycles. The van der Waals surface area contributed by atoms with Crippen molar-refractivity contribution in [2.75, 3.05) is 31.2 Å². The molecule has 0 radical (unpaired) electrons. The van der Waals surface area contributed by atoms with E-state index >= 15 is 0 Å². The molecule has 1 aromatic carbocycles. The van der Waals surface area contributed by atoms with E-state index in [2.05, 4.69) is 31.2 Å². The molecule has 1 N–H and O–H groups in total. The van der Waals surface area contributed by atoms with Gasteiger partial charge in [0.2, 0.25) is 5.95 Å². The maximum Gasteiger partial charge on any atom is 0.226 e. The number of benzene rings is 1. The van der Waals surface area contributed by atoms with E-state index in [0.29, 0.717) is 19.2 Å². The Kier molecular flexibility index (Phi) is 4.58. The zero-order chi connectivity index (χ0) is 21.3. The lowest BCUT2D eigenvalue weighted by molar-refractivity contribution is 0.122. The monoisotopic (exact) mass is 424 g/mol. The predicted molar refractivity (Wildman–Crippen MR) is 121 cm³/mol. The smallest absolute Gasteiger partial charge is 0.226 e. The van der Waals surface area contributed by atoms with Crippen LogP contribution in [0.1, 0.15) is 0 Å². The van der Waals surface area contributed by atoms with E-state index in [4.69, 9.17) is 14.7 Å². The molecule has 0 bridgehead atoms. The first-order valence-corrected chi connectivity index (χ1v) is 10.5. The number of anilines is 1. The van der Waals surface area contributed by atoms with Gasteiger partial charge in [-0.05, 0) is 30.3 Å². The van der Waals surface area contributed by atoms with Crippen LogP contribution in [0.4, 0.5) is 5.95 Å². The van der Waals surface area contributed by atoms with Crippen LogP contribution in [0.25, 0.3) is 39.2 Å². The number of fused-ring (bicyclic) bond motifs is 1. The van der Waals surface area contributed by atoms with Crippen molar-refractivity contribution in [2.24, 2.45) is 0 Å². The summed E-state index contributed by atoms with van der Waals surface area (Å²) in [4.78, 5) is 16.2. The Morgan fingerprint density at radius 3 is 2.56 bits per heavy atom. The van der Waals surface area contributed by atoms with Crippen molar-refractivity contribution >= 4 is 17.0 Å². The van der Waals surface area contributed by atoms with E-state index in [0.717, 1.165) is 52.3 Å². The van der Waals surface area contributed by atoms with Crippen molar-refractivity contribution in [3.8, 4) is 28.2 Å². The second-order valence-corrected chi connectivity index (χ2v) is 7.50. The van der Waals surface area contributed by atoms with Gasteiger partial charge in [0.1, 0.15) is 22.4 Å². The highest BCUT2D eigenvalue weighted by Crippen LogP contribution is 2.33. The van der Waals surface area contributed by atoms with Crippen LogP contribution in [0, 0.1) is 0 Å².